The number of hydrogen-bond acceptors (Lipinski definition) is 2. The average Bonchev–Trinajstić information content (AvgIpc) is 2.40. The zero-order valence-corrected chi connectivity index (χ0v) is 15.2. The summed E-state index contributed by atoms with van der Waals surface area (Å²) in [4.78, 5) is 15.6. The zero-order valence-electron chi connectivity index (χ0n) is 12.4. The topological polar surface area (TPSA) is 29.4 Å². The van der Waals surface area contributed by atoms with Gasteiger partial charge in [-0.2, -0.15) is 0 Å². The molecule has 20 heavy (non-hydrogen) atoms. The number of halogens is 1. The van der Waals surface area contributed by atoms with Gasteiger partial charge in [0.15, 0.2) is 0 Å². The van der Waals surface area contributed by atoms with Crippen LogP contribution in [0.1, 0.15) is 51.0 Å². The van der Waals surface area contributed by atoms with Crippen molar-refractivity contribution < 1.29 is 34.4 Å². The standard InChI is InChI=1S/C16H19ClNO.Na/c1-16(2,11-19)18-15-10-6-4-8-13(15)12-7-3-5-9-14(12)17;/h3,5,7,9,13H,4,6,8,10H2,1-2H3;/q-1;+1. The molecule has 0 N–H and O–H groups in total. The van der Waals surface area contributed by atoms with Crippen LogP contribution >= 0.6 is 11.6 Å². The molecule has 1 unspecified atom stereocenters. The van der Waals surface area contributed by atoms with Crippen LogP contribution in [0.2, 0.25) is 5.02 Å². The van der Waals surface area contributed by atoms with E-state index in [1.807, 2.05) is 24.5 Å². The Balaban J connectivity index is 0.00000200. The van der Waals surface area contributed by atoms with E-state index in [1.54, 1.807) is 13.8 Å². The second-order valence-electron chi connectivity index (χ2n) is 5.58. The first-order valence-electron chi connectivity index (χ1n) is 6.76. The summed E-state index contributed by atoms with van der Waals surface area (Å²) in [6.45, 7) is 3.59. The van der Waals surface area contributed by atoms with Gasteiger partial charge in [0.25, 0.3) is 0 Å². The maximum atomic E-state index is 11.0. The summed E-state index contributed by atoms with van der Waals surface area (Å²) in [5.41, 5.74) is 1.46. The van der Waals surface area contributed by atoms with Gasteiger partial charge >= 0.3 is 29.6 Å². The Kier molecular flexibility index (Phi) is 6.93. The Morgan fingerprint density at radius 1 is 1.30 bits per heavy atom. The maximum absolute atomic E-state index is 11.0. The van der Waals surface area contributed by atoms with Crippen LogP contribution < -0.4 is 29.6 Å². The molecule has 102 valence electrons. The second-order valence-corrected chi connectivity index (χ2v) is 5.99. The third kappa shape index (κ3) is 4.42. The molecule has 1 aliphatic rings. The van der Waals surface area contributed by atoms with E-state index in [1.165, 1.54) is 6.42 Å². The molecule has 0 radical (unpaired) electrons. The molecule has 0 heterocycles. The fourth-order valence-corrected chi connectivity index (χ4v) is 2.87. The van der Waals surface area contributed by atoms with Crippen molar-refractivity contribution in [3.8, 4) is 0 Å². The largest absolute Gasteiger partial charge is 1.00 e. The molecular weight excluding hydrogens is 281 g/mol. The molecule has 1 aromatic rings. The number of hydrogen-bond donors (Lipinski definition) is 0. The van der Waals surface area contributed by atoms with E-state index in [4.69, 9.17) is 11.6 Å². The average molecular weight is 300 g/mol. The molecule has 2 nitrogen and oxygen atoms in total. The summed E-state index contributed by atoms with van der Waals surface area (Å²) in [5, 5.41) is 0.787. The van der Waals surface area contributed by atoms with Gasteiger partial charge in [-0.05, 0) is 36.4 Å². The van der Waals surface area contributed by atoms with Gasteiger partial charge < -0.3 is 9.79 Å². The van der Waals surface area contributed by atoms with Crippen molar-refractivity contribution >= 4 is 23.6 Å². The molecule has 1 fully saturated rings. The van der Waals surface area contributed by atoms with Gasteiger partial charge in [0.05, 0.1) is 0 Å². The number of rotatable bonds is 3. The van der Waals surface area contributed by atoms with Crippen LogP contribution in [0.3, 0.4) is 0 Å². The SMILES string of the molecule is CC(C)([C-]=O)N=C1CCCCC1c1ccccc1Cl.[Na+]. The number of aliphatic imine (C=N–C) groups is 1. The maximum Gasteiger partial charge on any atom is 1.00 e. The van der Waals surface area contributed by atoms with Crippen LogP contribution in [0, 0.1) is 0 Å². The molecule has 0 bridgehead atoms. The van der Waals surface area contributed by atoms with Gasteiger partial charge in [0, 0.05) is 16.7 Å². The fourth-order valence-electron chi connectivity index (χ4n) is 2.60. The second kappa shape index (κ2) is 7.74. The van der Waals surface area contributed by atoms with Crippen molar-refractivity contribution in [2.45, 2.75) is 51.0 Å². The smallest absolute Gasteiger partial charge is 0.540 e. The molecule has 1 aliphatic carbocycles. The van der Waals surface area contributed by atoms with Crippen molar-refractivity contribution in [2.24, 2.45) is 4.99 Å². The van der Waals surface area contributed by atoms with Crippen LogP contribution in [-0.4, -0.2) is 17.5 Å². The zero-order chi connectivity index (χ0) is 13.9. The molecule has 0 saturated heterocycles. The molecular formula is C16H19ClNNaO. The van der Waals surface area contributed by atoms with E-state index in [-0.39, 0.29) is 35.5 Å². The molecule has 0 amide bonds. The van der Waals surface area contributed by atoms with Crippen LogP contribution in [-0.2, 0) is 4.79 Å². The first kappa shape index (κ1) is 17.9. The van der Waals surface area contributed by atoms with E-state index < -0.39 is 5.54 Å². The minimum atomic E-state index is -0.758. The van der Waals surface area contributed by atoms with Crippen molar-refractivity contribution in [1.82, 2.24) is 0 Å². The van der Waals surface area contributed by atoms with E-state index >= 15 is 0 Å². The summed E-state index contributed by atoms with van der Waals surface area (Å²) in [6, 6.07) is 7.92. The molecule has 0 aromatic heterocycles. The van der Waals surface area contributed by atoms with Crippen molar-refractivity contribution in [2.75, 3.05) is 0 Å². The van der Waals surface area contributed by atoms with E-state index in [0.29, 0.717) is 0 Å². The number of benzene rings is 1. The Morgan fingerprint density at radius 2 is 2.00 bits per heavy atom. The Hall–Kier alpha value is -0.150. The molecule has 1 atom stereocenters. The molecule has 0 aliphatic heterocycles. The summed E-state index contributed by atoms with van der Waals surface area (Å²) in [7, 11) is 0. The fraction of sp³-hybridized carbons (Fsp3) is 0.500. The first-order valence-corrected chi connectivity index (χ1v) is 7.13. The monoisotopic (exact) mass is 299 g/mol. The summed E-state index contributed by atoms with van der Waals surface area (Å²) in [6.07, 6.45) is 6.32. The summed E-state index contributed by atoms with van der Waals surface area (Å²) < 4.78 is 0. The van der Waals surface area contributed by atoms with Crippen LogP contribution in [0.25, 0.3) is 0 Å². The molecule has 4 heteroatoms. The van der Waals surface area contributed by atoms with E-state index in [0.717, 1.165) is 35.6 Å². The van der Waals surface area contributed by atoms with E-state index in [2.05, 4.69) is 11.1 Å². The van der Waals surface area contributed by atoms with E-state index in [9.17, 15) is 4.79 Å². The van der Waals surface area contributed by atoms with Gasteiger partial charge in [-0.15, -0.1) is 0 Å². The van der Waals surface area contributed by atoms with Gasteiger partial charge in [-0.1, -0.05) is 50.1 Å². The van der Waals surface area contributed by atoms with Crippen LogP contribution in [0.15, 0.2) is 29.3 Å². The molecule has 0 spiro atoms. The minimum Gasteiger partial charge on any atom is -0.540 e. The normalized spacial score (nSPS) is 21.4. The molecule has 1 saturated carbocycles. The molecule has 1 aromatic carbocycles. The third-order valence-corrected chi connectivity index (χ3v) is 3.88. The summed E-state index contributed by atoms with van der Waals surface area (Å²) in [5.74, 6) is 0.245. The van der Waals surface area contributed by atoms with Crippen LogP contribution in [0.5, 0.6) is 0 Å². The Bertz CT molecular complexity index is 499. The van der Waals surface area contributed by atoms with Gasteiger partial charge in [0.1, 0.15) is 0 Å². The Morgan fingerprint density at radius 3 is 2.65 bits per heavy atom. The number of nitrogens with zero attached hydrogens (tertiary/aromatic N) is 1. The predicted octanol–water partition coefficient (Wildman–Crippen LogP) is 1.33. The quantitative estimate of drug-likeness (QED) is 0.612. The predicted molar refractivity (Wildman–Crippen MR) is 79.9 cm³/mol. The van der Waals surface area contributed by atoms with Gasteiger partial charge in [0.2, 0.25) is 0 Å². The van der Waals surface area contributed by atoms with Crippen LogP contribution in [0.4, 0.5) is 0 Å². The minimum absolute atomic E-state index is 0. The van der Waals surface area contributed by atoms with Gasteiger partial charge in [-0.3, -0.25) is 0 Å². The van der Waals surface area contributed by atoms with Gasteiger partial charge in [-0.25, -0.2) is 6.29 Å². The third-order valence-electron chi connectivity index (χ3n) is 3.53. The first-order chi connectivity index (χ1) is 9.03. The number of carbonyl (C=O) groups excluding carboxylic acids is 1. The molecule has 2 rings (SSSR count). The Labute approximate surface area is 148 Å². The summed E-state index contributed by atoms with van der Waals surface area (Å²) >= 11 is 6.30. The van der Waals surface area contributed by atoms with Crippen molar-refractivity contribution in [3.63, 3.8) is 0 Å². The van der Waals surface area contributed by atoms with Crippen molar-refractivity contribution in [1.29, 1.82) is 0 Å². The van der Waals surface area contributed by atoms with Crippen molar-refractivity contribution in [3.05, 3.63) is 34.9 Å².